The summed E-state index contributed by atoms with van der Waals surface area (Å²) in [5.41, 5.74) is 4.61. The third kappa shape index (κ3) is 4.34. The van der Waals surface area contributed by atoms with Crippen molar-refractivity contribution in [3.8, 4) is 11.1 Å². The van der Waals surface area contributed by atoms with Crippen LogP contribution in [0.1, 0.15) is 23.6 Å². The van der Waals surface area contributed by atoms with Crippen LogP contribution >= 0.6 is 0 Å². The molecule has 0 aliphatic carbocycles. The van der Waals surface area contributed by atoms with E-state index in [1.165, 1.54) is 16.7 Å². The summed E-state index contributed by atoms with van der Waals surface area (Å²) < 4.78 is 41.3. The molecule has 0 aliphatic heterocycles. The molecule has 0 unspecified atom stereocenters. The highest BCUT2D eigenvalue weighted by Gasteiger charge is 2.18. The van der Waals surface area contributed by atoms with Crippen LogP contribution in [-0.2, 0) is 29.2 Å². The number of fused-ring (bicyclic) bond motifs is 1. The lowest BCUT2D eigenvalue weighted by Gasteiger charge is -2.11. The number of rotatable bonds is 6. The third-order valence-electron chi connectivity index (χ3n) is 5.46. The first-order valence-electron chi connectivity index (χ1n) is 10.2. The van der Waals surface area contributed by atoms with Crippen LogP contribution in [0.2, 0.25) is 0 Å². The molecule has 2 heterocycles. The van der Waals surface area contributed by atoms with Gasteiger partial charge in [0.2, 0.25) is 0 Å². The molecule has 9 heteroatoms. The first-order valence-corrected chi connectivity index (χ1v) is 12.0. The zero-order valence-electron chi connectivity index (χ0n) is 18.0. The summed E-state index contributed by atoms with van der Waals surface area (Å²) in [7, 11) is -1.63. The van der Waals surface area contributed by atoms with Gasteiger partial charge in [-0.25, -0.2) is 17.5 Å². The Bertz CT molecular complexity index is 1450. The number of pyridine rings is 1. The molecular weight excluding hydrogens is 431 g/mol. The second-order valence-electron chi connectivity index (χ2n) is 7.88. The minimum atomic E-state index is -3.31. The molecule has 0 N–H and O–H groups in total. The maximum atomic E-state index is 13.3. The van der Waals surface area contributed by atoms with Crippen LogP contribution < -0.4 is 5.56 Å². The van der Waals surface area contributed by atoms with Gasteiger partial charge in [-0.2, -0.15) is 0 Å². The van der Waals surface area contributed by atoms with E-state index in [2.05, 4.69) is 10.3 Å². The average Bonchev–Trinajstić information content (AvgIpc) is 3.16. The maximum Gasteiger partial charge on any atom is 0.253 e. The Morgan fingerprint density at radius 3 is 2.44 bits per heavy atom. The monoisotopic (exact) mass is 454 g/mol. The van der Waals surface area contributed by atoms with Crippen LogP contribution in [0.15, 0.2) is 53.5 Å². The molecule has 4 aromatic rings. The van der Waals surface area contributed by atoms with E-state index in [-0.39, 0.29) is 22.9 Å². The van der Waals surface area contributed by atoms with Crippen molar-refractivity contribution in [3.63, 3.8) is 0 Å². The molecule has 0 bridgehead atoms. The zero-order valence-corrected chi connectivity index (χ0v) is 18.9. The Balaban J connectivity index is 1.90. The van der Waals surface area contributed by atoms with E-state index in [0.29, 0.717) is 28.7 Å². The zero-order chi connectivity index (χ0) is 23.0. The number of benzene rings is 2. The van der Waals surface area contributed by atoms with E-state index >= 15 is 0 Å². The van der Waals surface area contributed by atoms with E-state index in [1.54, 1.807) is 56.0 Å². The summed E-state index contributed by atoms with van der Waals surface area (Å²) in [6.07, 6.45) is 1.72. The van der Waals surface area contributed by atoms with Crippen molar-refractivity contribution in [1.29, 1.82) is 0 Å². The normalized spacial score (nSPS) is 11.9. The Morgan fingerprint density at radius 2 is 1.78 bits per heavy atom. The Labute approximate surface area is 185 Å². The lowest BCUT2D eigenvalue weighted by Crippen LogP contribution is -2.18. The molecule has 32 heavy (non-hydrogen) atoms. The van der Waals surface area contributed by atoms with E-state index in [9.17, 15) is 17.6 Å². The van der Waals surface area contributed by atoms with E-state index in [4.69, 9.17) is 0 Å². The van der Waals surface area contributed by atoms with Gasteiger partial charge in [-0.3, -0.25) is 4.79 Å². The van der Waals surface area contributed by atoms with Gasteiger partial charge in [0.05, 0.1) is 17.8 Å². The molecular formula is C23H23FN4O3S. The molecule has 0 aliphatic rings. The molecule has 0 saturated heterocycles. The molecule has 0 fully saturated rings. The molecule has 2 aromatic heterocycles. The lowest BCUT2D eigenvalue weighted by molar-refractivity contribution is 0.596. The fourth-order valence-electron chi connectivity index (χ4n) is 3.67. The standard InChI is InChI=1S/C23H23FN4O3S/c1-4-32(30,31)14-19-10-17(18-9-15(2)23(29)27(3)13-18)11-21-22(19)25-26-28(21)12-16-5-7-20(24)8-6-16/h5-11,13H,4,12,14H2,1-3H3. The highest BCUT2D eigenvalue weighted by Crippen LogP contribution is 2.28. The molecule has 0 saturated carbocycles. The summed E-state index contributed by atoms with van der Waals surface area (Å²) in [5.74, 6) is -0.466. The SMILES string of the molecule is CCS(=O)(=O)Cc1cc(-c2cc(C)c(=O)n(C)c2)cc2c1nnn2Cc1ccc(F)cc1. The number of halogens is 1. The van der Waals surface area contributed by atoms with Crippen LogP contribution in [0.3, 0.4) is 0 Å². The van der Waals surface area contributed by atoms with Crippen LogP contribution in [0.25, 0.3) is 22.2 Å². The Kier molecular flexibility index (Phi) is 5.68. The molecule has 0 amide bonds. The van der Waals surface area contributed by atoms with Gasteiger partial charge in [-0.15, -0.1) is 5.10 Å². The summed E-state index contributed by atoms with van der Waals surface area (Å²) in [6.45, 7) is 3.71. The second-order valence-corrected chi connectivity index (χ2v) is 10.2. The predicted molar refractivity (Wildman–Crippen MR) is 122 cm³/mol. The quantitative estimate of drug-likeness (QED) is 0.446. The van der Waals surface area contributed by atoms with Crippen molar-refractivity contribution < 1.29 is 12.8 Å². The van der Waals surface area contributed by atoms with Gasteiger partial charge in [-0.05, 0) is 59.5 Å². The van der Waals surface area contributed by atoms with Crippen molar-refractivity contribution in [3.05, 3.63) is 81.5 Å². The van der Waals surface area contributed by atoms with Gasteiger partial charge in [0.1, 0.15) is 11.3 Å². The van der Waals surface area contributed by atoms with Gasteiger partial charge < -0.3 is 4.57 Å². The van der Waals surface area contributed by atoms with Gasteiger partial charge in [0.15, 0.2) is 9.84 Å². The van der Waals surface area contributed by atoms with Gasteiger partial charge >= 0.3 is 0 Å². The summed E-state index contributed by atoms with van der Waals surface area (Å²) in [6, 6.07) is 11.6. The van der Waals surface area contributed by atoms with Crippen molar-refractivity contribution in [2.24, 2.45) is 7.05 Å². The second kappa shape index (κ2) is 8.31. The number of aryl methyl sites for hydroxylation is 2. The first-order chi connectivity index (χ1) is 15.2. The molecule has 0 atom stereocenters. The van der Waals surface area contributed by atoms with Gasteiger partial charge in [-0.1, -0.05) is 24.3 Å². The summed E-state index contributed by atoms with van der Waals surface area (Å²) >= 11 is 0. The first kappa shape index (κ1) is 21.9. The fourth-order valence-corrected chi connectivity index (χ4v) is 4.57. The number of sulfone groups is 1. The van der Waals surface area contributed by atoms with Crippen LogP contribution in [0.5, 0.6) is 0 Å². The fraction of sp³-hybridized carbons (Fsp3) is 0.261. The lowest BCUT2D eigenvalue weighted by atomic mass is 10.0. The number of hydrogen-bond acceptors (Lipinski definition) is 5. The third-order valence-corrected chi connectivity index (χ3v) is 7.09. The highest BCUT2D eigenvalue weighted by molar-refractivity contribution is 7.90. The Hall–Kier alpha value is -3.33. The number of aromatic nitrogens is 4. The molecule has 7 nitrogen and oxygen atoms in total. The van der Waals surface area contributed by atoms with Crippen molar-refractivity contribution in [2.45, 2.75) is 26.1 Å². The van der Waals surface area contributed by atoms with Crippen LogP contribution in [0.4, 0.5) is 4.39 Å². The minimum Gasteiger partial charge on any atom is -0.318 e. The maximum absolute atomic E-state index is 13.3. The number of nitrogens with zero attached hydrogens (tertiary/aromatic N) is 4. The largest absolute Gasteiger partial charge is 0.318 e. The average molecular weight is 455 g/mol. The highest BCUT2D eigenvalue weighted by atomic mass is 32.2. The summed E-state index contributed by atoms with van der Waals surface area (Å²) in [4.78, 5) is 12.1. The molecule has 0 spiro atoms. The van der Waals surface area contributed by atoms with Crippen molar-refractivity contribution >= 4 is 20.9 Å². The van der Waals surface area contributed by atoms with Crippen LogP contribution in [-0.4, -0.2) is 33.7 Å². The Morgan fingerprint density at radius 1 is 1.06 bits per heavy atom. The van der Waals surface area contributed by atoms with Gasteiger partial charge in [0.25, 0.3) is 5.56 Å². The predicted octanol–water partition coefficient (Wildman–Crippen LogP) is 3.23. The summed E-state index contributed by atoms with van der Waals surface area (Å²) in [5, 5.41) is 8.49. The van der Waals surface area contributed by atoms with Crippen molar-refractivity contribution in [1.82, 2.24) is 19.6 Å². The molecule has 166 valence electrons. The van der Waals surface area contributed by atoms with E-state index < -0.39 is 9.84 Å². The topological polar surface area (TPSA) is 86.8 Å². The van der Waals surface area contributed by atoms with Crippen LogP contribution in [0, 0.1) is 12.7 Å². The minimum absolute atomic E-state index is 0.0153. The molecule has 4 rings (SSSR count). The van der Waals surface area contributed by atoms with Crippen molar-refractivity contribution in [2.75, 3.05) is 5.75 Å². The van der Waals surface area contributed by atoms with E-state index in [0.717, 1.165) is 16.7 Å². The molecule has 2 aromatic carbocycles. The molecule has 0 radical (unpaired) electrons. The van der Waals surface area contributed by atoms with Gasteiger partial charge in [0, 0.05) is 24.6 Å². The number of hydrogen-bond donors (Lipinski definition) is 0. The van der Waals surface area contributed by atoms with E-state index in [1.807, 2.05) is 6.07 Å². The smallest absolute Gasteiger partial charge is 0.253 e.